The average Bonchev–Trinajstić information content (AvgIpc) is 2.34. The summed E-state index contributed by atoms with van der Waals surface area (Å²) >= 11 is 0. The summed E-state index contributed by atoms with van der Waals surface area (Å²) in [6.07, 6.45) is 0.00986. The molecule has 0 radical (unpaired) electrons. The van der Waals surface area contributed by atoms with Gasteiger partial charge >= 0.3 is 6.11 Å². The molecule has 0 amide bonds. The largest absolute Gasteiger partial charge is 0.352 e. The van der Waals surface area contributed by atoms with Crippen molar-refractivity contribution < 1.29 is 13.5 Å². The topological polar surface area (TPSA) is 12.5 Å². The number of hydrogen-bond acceptors (Lipinski definition) is 2. The summed E-state index contributed by atoms with van der Waals surface area (Å²) in [5, 5.41) is 0. The second-order valence-corrected chi connectivity index (χ2v) is 3.72. The van der Waals surface area contributed by atoms with Gasteiger partial charge < -0.3 is 9.64 Å². The minimum atomic E-state index is -2.98. The molecule has 0 spiro atoms. The van der Waals surface area contributed by atoms with Crippen molar-refractivity contribution in [2.75, 3.05) is 20.2 Å². The van der Waals surface area contributed by atoms with Crippen molar-refractivity contribution in [2.24, 2.45) is 0 Å². The Balaban J connectivity index is 2.12. The maximum absolute atomic E-state index is 12.3. The molecule has 0 aliphatic carbocycles. The molecule has 1 saturated heterocycles. The first-order valence-corrected chi connectivity index (χ1v) is 4.71. The summed E-state index contributed by atoms with van der Waals surface area (Å²) in [7, 11) is 2.03. The maximum Gasteiger partial charge on any atom is 0.352 e. The maximum atomic E-state index is 12.3. The third kappa shape index (κ3) is 4.00. The van der Waals surface area contributed by atoms with Gasteiger partial charge in [-0.05, 0) is 32.9 Å². The van der Waals surface area contributed by atoms with E-state index in [4.69, 9.17) is 0 Å². The van der Waals surface area contributed by atoms with Crippen LogP contribution in [0.1, 0.15) is 26.2 Å². The number of likely N-dealkylation sites (tertiary alicyclic amines) is 1. The van der Waals surface area contributed by atoms with Gasteiger partial charge in [0.2, 0.25) is 0 Å². The highest BCUT2D eigenvalue weighted by Crippen LogP contribution is 2.20. The summed E-state index contributed by atoms with van der Waals surface area (Å²) in [6.45, 7) is 2.01. The molecule has 0 aromatic rings. The Hall–Kier alpha value is -0.220. The van der Waals surface area contributed by atoms with Crippen LogP contribution in [0.4, 0.5) is 8.78 Å². The van der Waals surface area contributed by atoms with Crippen LogP contribution in [0.25, 0.3) is 0 Å². The molecule has 1 aliphatic heterocycles. The van der Waals surface area contributed by atoms with Crippen LogP contribution in [-0.2, 0) is 4.74 Å². The summed E-state index contributed by atoms with van der Waals surface area (Å²) in [6, 6.07) is 0.433. The molecule has 1 atom stereocenters. The smallest absolute Gasteiger partial charge is 0.321 e. The van der Waals surface area contributed by atoms with Crippen LogP contribution in [-0.4, -0.2) is 37.2 Å². The molecule has 1 unspecified atom stereocenters. The molecule has 1 rings (SSSR count). The van der Waals surface area contributed by atoms with Gasteiger partial charge in [0.05, 0.1) is 6.61 Å². The number of hydrogen-bond donors (Lipinski definition) is 0. The number of nitrogens with zero attached hydrogens (tertiary/aromatic N) is 1. The zero-order valence-electron chi connectivity index (χ0n) is 8.22. The second kappa shape index (κ2) is 4.33. The monoisotopic (exact) mass is 193 g/mol. The minimum Gasteiger partial charge on any atom is -0.321 e. The predicted molar refractivity (Wildman–Crippen MR) is 46.8 cm³/mol. The van der Waals surface area contributed by atoms with E-state index < -0.39 is 6.11 Å². The minimum absolute atomic E-state index is 0.151. The first-order chi connectivity index (χ1) is 5.99. The summed E-state index contributed by atoms with van der Waals surface area (Å²) in [4.78, 5) is 2.21. The summed E-state index contributed by atoms with van der Waals surface area (Å²) in [5.41, 5.74) is 0. The molecule has 0 bridgehead atoms. The predicted octanol–water partition coefficient (Wildman–Crippen LogP) is 2.10. The molecular weight excluding hydrogens is 176 g/mol. The van der Waals surface area contributed by atoms with Crippen molar-refractivity contribution in [2.45, 2.75) is 38.3 Å². The van der Waals surface area contributed by atoms with Crippen LogP contribution in [0.3, 0.4) is 0 Å². The zero-order valence-corrected chi connectivity index (χ0v) is 8.22. The van der Waals surface area contributed by atoms with E-state index >= 15 is 0 Å². The number of alkyl halides is 2. The third-order valence-corrected chi connectivity index (χ3v) is 2.48. The van der Waals surface area contributed by atoms with Crippen molar-refractivity contribution in [3.8, 4) is 0 Å². The van der Waals surface area contributed by atoms with Crippen molar-refractivity contribution in [3.63, 3.8) is 0 Å². The lowest BCUT2D eigenvalue weighted by Gasteiger charge is -2.20. The van der Waals surface area contributed by atoms with Crippen LogP contribution in [0, 0.1) is 0 Å². The Kier molecular flexibility index (Phi) is 3.62. The molecule has 13 heavy (non-hydrogen) atoms. The Labute approximate surface area is 77.9 Å². The quantitative estimate of drug-likeness (QED) is 0.678. The van der Waals surface area contributed by atoms with Crippen LogP contribution >= 0.6 is 0 Å². The number of halogens is 2. The molecule has 0 saturated carbocycles. The fourth-order valence-corrected chi connectivity index (χ4v) is 1.72. The van der Waals surface area contributed by atoms with Crippen LogP contribution in [0.15, 0.2) is 0 Å². The molecule has 4 heteroatoms. The van der Waals surface area contributed by atoms with Gasteiger partial charge in [-0.3, -0.25) is 0 Å². The lowest BCUT2D eigenvalue weighted by Crippen LogP contribution is -2.27. The highest BCUT2D eigenvalue weighted by atomic mass is 19.3. The van der Waals surface area contributed by atoms with Gasteiger partial charge in [0.1, 0.15) is 0 Å². The van der Waals surface area contributed by atoms with Gasteiger partial charge in [-0.1, -0.05) is 0 Å². The zero-order chi connectivity index (χ0) is 9.90. The average molecular weight is 193 g/mol. The van der Waals surface area contributed by atoms with Gasteiger partial charge in [-0.15, -0.1) is 0 Å². The van der Waals surface area contributed by atoms with Crippen molar-refractivity contribution >= 4 is 0 Å². The molecule has 0 aromatic heterocycles. The van der Waals surface area contributed by atoms with E-state index in [1.54, 1.807) is 0 Å². The normalized spacial score (nSPS) is 25.4. The van der Waals surface area contributed by atoms with E-state index in [0.29, 0.717) is 12.5 Å². The van der Waals surface area contributed by atoms with E-state index in [-0.39, 0.29) is 6.61 Å². The molecule has 0 aromatic carbocycles. The summed E-state index contributed by atoms with van der Waals surface area (Å²) < 4.78 is 28.9. The van der Waals surface area contributed by atoms with Gasteiger partial charge in [-0.2, -0.15) is 8.78 Å². The van der Waals surface area contributed by atoms with Crippen molar-refractivity contribution in [1.82, 2.24) is 4.90 Å². The van der Waals surface area contributed by atoms with E-state index in [2.05, 4.69) is 9.64 Å². The van der Waals surface area contributed by atoms with E-state index in [0.717, 1.165) is 19.9 Å². The fourth-order valence-electron chi connectivity index (χ4n) is 1.72. The first kappa shape index (κ1) is 10.9. The Morgan fingerprint density at radius 3 is 2.69 bits per heavy atom. The third-order valence-electron chi connectivity index (χ3n) is 2.48. The molecule has 1 fully saturated rings. The Morgan fingerprint density at radius 2 is 2.23 bits per heavy atom. The van der Waals surface area contributed by atoms with Crippen molar-refractivity contribution in [3.05, 3.63) is 0 Å². The van der Waals surface area contributed by atoms with Crippen molar-refractivity contribution in [1.29, 1.82) is 0 Å². The van der Waals surface area contributed by atoms with Gasteiger partial charge in [0.15, 0.2) is 0 Å². The molecule has 78 valence electrons. The molecule has 1 aliphatic rings. The molecular formula is C9H17F2NO. The molecule has 0 N–H and O–H groups in total. The molecule has 1 heterocycles. The van der Waals surface area contributed by atoms with Gasteiger partial charge in [0.25, 0.3) is 0 Å². The van der Waals surface area contributed by atoms with Gasteiger partial charge in [-0.25, -0.2) is 0 Å². The second-order valence-electron chi connectivity index (χ2n) is 3.72. The summed E-state index contributed by atoms with van der Waals surface area (Å²) in [5.74, 6) is 0. The van der Waals surface area contributed by atoms with E-state index in [1.807, 2.05) is 7.05 Å². The fraction of sp³-hybridized carbons (Fsp3) is 1.00. The number of ether oxygens (including phenoxy) is 1. The SMILES string of the molecule is CN1CCCC1CCOC(C)(F)F. The number of rotatable bonds is 4. The van der Waals surface area contributed by atoms with Crippen LogP contribution in [0.2, 0.25) is 0 Å². The van der Waals surface area contributed by atoms with Crippen LogP contribution in [0.5, 0.6) is 0 Å². The van der Waals surface area contributed by atoms with Crippen LogP contribution < -0.4 is 0 Å². The standard InChI is InChI=1S/C9H17F2NO/c1-9(10,11)13-7-5-8-4-3-6-12(8)2/h8H,3-7H2,1-2H3. The highest BCUT2D eigenvalue weighted by molar-refractivity contribution is 4.75. The first-order valence-electron chi connectivity index (χ1n) is 4.71. The van der Waals surface area contributed by atoms with Gasteiger partial charge in [0, 0.05) is 13.0 Å². The lowest BCUT2D eigenvalue weighted by atomic mass is 10.1. The lowest BCUT2D eigenvalue weighted by molar-refractivity contribution is -0.225. The Bertz CT molecular complexity index is 158. The van der Waals surface area contributed by atoms with E-state index in [9.17, 15) is 8.78 Å². The molecule has 2 nitrogen and oxygen atoms in total. The Morgan fingerprint density at radius 1 is 1.54 bits per heavy atom. The van der Waals surface area contributed by atoms with E-state index in [1.165, 1.54) is 6.42 Å². The highest BCUT2D eigenvalue weighted by Gasteiger charge is 2.24.